The van der Waals surface area contributed by atoms with Crippen molar-refractivity contribution in [2.24, 2.45) is 7.05 Å². The van der Waals surface area contributed by atoms with Gasteiger partial charge in [0.15, 0.2) is 6.20 Å². The highest BCUT2D eigenvalue weighted by molar-refractivity contribution is 7.85. The van der Waals surface area contributed by atoms with E-state index < -0.39 is 16.1 Å². The first-order chi connectivity index (χ1) is 11.5. The molecule has 0 fully saturated rings. The minimum absolute atomic E-state index is 0.0851. The summed E-state index contributed by atoms with van der Waals surface area (Å²) >= 11 is 0. The Morgan fingerprint density at radius 3 is 2.16 bits per heavy atom. The molecule has 2 aromatic rings. The molecule has 0 spiro atoms. The predicted octanol–water partition coefficient (Wildman–Crippen LogP) is 0.719. The molecule has 0 unspecified atom stereocenters. The lowest BCUT2D eigenvalue weighted by Gasteiger charge is -2.14. The maximum atomic E-state index is 11.2. The van der Waals surface area contributed by atoms with Crippen LogP contribution in [0.3, 0.4) is 0 Å². The molecule has 0 radical (unpaired) electrons. The van der Waals surface area contributed by atoms with E-state index in [1.807, 2.05) is 6.92 Å². The van der Waals surface area contributed by atoms with Gasteiger partial charge in [0, 0.05) is 0 Å². The molecule has 1 aromatic heterocycles. The molecule has 1 aromatic carbocycles. The van der Waals surface area contributed by atoms with E-state index in [2.05, 4.69) is 0 Å². The lowest BCUT2D eigenvalue weighted by molar-refractivity contribution is -0.673. The van der Waals surface area contributed by atoms with E-state index in [-0.39, 0.29) is 4.90 Å². The molecule has 2 rings (SSSR count). The lowest BCUT2D eigenvalue weighted by atomic mass is 10.1. The van der Waals surface area contributed by atoms with Crippen LogP contribution < -0.4 is 10.4 Å². The summed E-state index contributed by atoms with van der Waals surface area (Å²) in [6, 6.07) is 3.38. The molecule has 0 bridgehead atoms. The standard InChI is InChI=1S/C9H12O3S.C7H11N3O2/c1-6-4-7(2)9(8(3)5-6)13(10,11)12;1-3-12-7(11)6-9(2)4-5-10(6)8/h4-5H,1-3H3,(H,10,11,12);4-5H,3H2,1-2H3,(H-,8,11). The first-order valence-corrected chi connectivity index (χ1v) is 8.92. The summed E-state index contributed by atoms with van der Waals surface area (Å²) in [4.78, 5) is 11.1. The Morgan fingerprint density at radius 1 is 1.28 bits per heavy atom. The van der Waals surface area contributed by atoms with Gasteiger partial charge in [-0.15, -0.1) is 4.68 Å². The zero-order chi connectivity index (χ0) is 19.4. The fraction of sp³-hybridized carbons (Fsp3) is 0.375. The number of nitrogens with two attached hydrogens (primary N) is 1. The summed E-state index contributed by atoms with van der Waals surface area (Å²) in [5.41, 5.74) is 2.00. The summed E-state index contributed by atoms with van der Waals surface area (Å²) < 4.78 is 40.1. The van der Waals surface area contributed by atoms with E-state index in [1.165, 1.54) is 4.68 Å². The monoisotopic (exact) mass is 369 g/mol. The van der Waals surface area contributed by atoms with Crippen molar-refractivity contribution in [1.82, 2.24) is 4.68 Å². The lowest BCUT2D eigenvalue weighted by Crippen LogP contribution is -2.37. The second-order valence-corrected chi connectivity index (χ2v) is 6.86. The number of nitrogen functional groups attached to an aromatic ring is 1. The van der Waals surface area contributed by atoms with Gasteiger partial charge in [-0.05, 0) is 38.8 Å². The predicted molar refractivity (Wildman–Crippen MR) is 90.3 cm³/mol. The van der Waals surface area contributed by atoms with Crippen molar-refractivity contribution in [2.45, 2.75) is 32.6 Å². The highest BCUT2D eigenvalue weighted by atomic mass is 32.2. The average Bonchev–Trinajstić information content (AvgIpc) is 2.76. The number of hydrogen-bond acceptors (Lipinski definition) is 6. The van der Waals surface area contributed by atoms with Crippen LogP contribution in [-0.2, 0) is 21.9 Å². The number of nitrogens with zero attached hydrogens (tertiary/aromatic N) is 2. The normalized spacial score (nSPS) is 10.8. The largest absolute Gasteiger partial charge is 0.744 e. The molecular weight excluding hydrogens is 346 g/mol. The highest BCUT2D eigenvalue weighted by Gasteiger charge is 2.23. The minimum Gasteiger partial charge on any atom is -0.744 e. The van der Waals surface area contributed by atoms with E-state index in [0.717, 1.165) is 5.56 Å². The Hall–Kier alpha value is -2.39. The maximum Gasteiger partial charge on any atom is 0.424 e. The fourth-order valence-corrected chi connectivity index (χ4v) is 3.41. The number of hydrogen-bond donors (Lipinski definition) is 1. The van der Waals surface area contributed by atoms with E-state index in [1.54, 1.807) is 56.9 Å². The molecular formula is C16H23N3O5S. The first-order valence-electron chi connectivity index (χ1n) is 7.52. The van der Waals surface area contributed by atoms with Gasteiger partial charge in [-0.25, -0.2) is 17.8 Å². The van der Waals surface area contributed by atoms with Crippen molar-refractivity contribution >= 4 is 16.1 Å². The van der Waals surface area contributed by atoms with Crippen molar-refractivity contribution in [1.29, 1.82) is 0 Å². The number of esters is 1. The molecule has 0 atom stereocenters. The Bertz CT molecular complexity index is 829. The quantitative estimate of drug-likeness (QED) is 0.368. The smallest absolute Gasteiger partial charge is 0.424 e. The number of ether oxygens (including phenoxy) is 1. The first kappa shape index (κ1) is 20.7. The number of imidazole rings is 1. The topological polar surface area (TPSA) is 118 Å². The zero-order valence-corrected chi connectivity index (χ0v) is 15.8. The molecule has 0 amide bonds. The average molecular weight is 369 g/mol. The summed E-state index contributed by atoms with van der Waals surface area (Å²) in [6.07, 6.45) is 3.28. The van der Waals surface area contributed by atoms with Crippen LogP contribution in [0.4, 0.5) is 0 Å². The second kappa shape index (κ2) is 8.13. The molecule has 0 aliphatic heterocycles. The number of aryl methyl sites for hydroxylation is 4. The number of benzene rings is 1. The van der Waals surface area contributed by atoms with Gasteiger partial charge < -0.3 is 9.29 Å². The second-order valence-electron chi connectivity index (χ2n) is 5.54. The number of rotatable bonds is 3. The molecule has 8 nitrogen and oxygen atoms in total. The molecule has 0 aliphatic rings. The molecule has 138 valence electrons. The van der Waals surface area contributed by atoms with Gasteiger partial charge in [0.25, 0.3) is 0 Å². The van der Waals surface area contributed by atoms with Crippen molar-refractivity contribution in [2.75, 3.05) is 12.4 Å². The van der Waals surface area contributed by atoms with Crippen LogP contribution in [0.5, 0.6) is 0 Å². The Labute approximate surface area is 147 Å². The van der Waals surface area contributed by atoms with Gasteiger partial charge in [-0.2, -0.15) is 0 Å². The van der Waals surface area contributed by atoms with Gasteiger partial charge >= 0.3 is 11.8 Å². The summed E-state index contributed by atoms with van der Waals surface area (Å²) in [7, 11) is -2.60. The number of carbonyl (C=O) groups is 1. The summed E-state index contributed by atoms with van der Waals surface area (Å²) in [5.74, 6) is 5.39. The maximum absolute atomic E-state index is 11.2. The van der Waals surface area contributed by atoms with Crippen LogP contribution >= 0.6 is 0 Å². The van der Waals surface area contributed by atoms with E-state index in [4.69, 9.17) is 10.6 Å². The van der Waals surface area contributed by atoms with Gasteiger partial charge in [-0.3, -0.25) is 5.84 Å². The van der Waals surface area contributed by atoms with Crippen molar-refractivity contribution < 1.29 is 27.1 Å². The Morgan fingerprint density at radius 2 is 1.80 bits per heavy atom. The fourth-order valence-electron chi connectivity index (χ4n) is 2.50. The van der Waals surface area contributed by atoms with Crippen molar-refractivity contribution in [3.8, 4) is 0 Å². The van der Waals surface area contributed by atoms with Crippen molar-refractivity contribution in [3.63, 3.8) is 0 Å². The van der Waals surface area contributed by atoms with E-state index >= 15 is 0 Å². The van der Waals surface area contributed by atoms with E-state index in [9.17, 15) is 17.8 Å². The van der Waals surface area contributed by atoms with Crippen LogP contribution in [0.2, 0.25) is 0 Å². The minimum atomic E-state index is -4.33. The zero-order valence-electron chi connectivity index (χ0n) is 14.9. The molecule has 25 heavy (non-hydrogen) atoms. The summed E-state index contributed by atoms with van der Waals surface area (Å²) in [6.45, 7) is 7.22. The van der Waals surface area contributed by atoms with Gasteiger partial charge in [-0.1, -0.05) is 17.7 Å². The highest BCUT2D eigenvalue weighted by Crippen LogP contribution is 2.20. The molecule has 0 aliphatic carbocycles. The third kappa shape index (κ3) is 5.30. The molecule has 9 heteroatoms. The van der Waals surface area contributed by atoms with Crippen LogP contribution in [0.1, 0.15) is 34.2 Å². The molecule has 0 saturated heterocycles. The third-order valence-electron chi connectivity index (χ3n) is 3.34. The van der Waals surface area contributed by atoms with Crippen LogP contribution in [0.25, 0.3) is 0 Å². The van der Waals surface area contributed by atoms with E-state index in [0.29, 0.717) is 23.6 Å². The van der Waals surface area contributed by atoms with Gasteiger partial charge in [0.1, 0.15) is 16.3 Å². The Kier molecular flexibility index (Phi) is 6.71. The number of carbonyl (C=O) groups excluding carboxylic acids is 1. The van der Waals surface area contributed by atoms with Gasteiger partial charge in [0.2, 0.25) is 0 Å². The summed E-state index contributed by atoms with van der Waals surface area (Å²) in [5, 5.41) is 0. The molecule has 0 saturated carbocycles. The van der Waals surface area contributed by atoms with Gasteiger partial charge in [0.05, 0.1) is 18.6 Å². The van der Waals surface area contributed by atoms with Crippen LogP contribution in [0, 0.1) is 20.8 Å². The SMILES string of the molecule is CCOC(=O)c1n(N)cc[n+]1C.Cc1cc(C)c(S(=O)(=O)[O-])c(C)c1. The Balaban J connectivity index is 0.000000251. The number of aromatic nitrogens is 2. The third-order valence-corrected chi connectivity index (χ3v) is 4.49. The van der Waals surface area contributed by atoms with Crippen molar-refractivity contribution in [3.05, 3.63) is 47.0 Å². The van der Waals surface area contributed by atoms with Crippen LogP contribution in [0.15, 0.2) is 29.4 Å². The molecule has 1 heterocycles. The molecule has 2 N–H and O–H groups in total. The van der Waals surface area contributed by atoms with Crippen LogP contribution in [-0.4, -0.2) is 30.2 Å².